The summed E-state index contributed by atoms with van der Waals surface area (Å²) in [5, 5.41) is 7.30. The zero-order chi connectivity index (χ0) is 20.1. The van der Waals surface area contributed by atoms with Crippen molar-refractivity contribution in [2.24, 2.45) is 0 Å². The lowest BCUT2D eigenvalue weighted by atomic mass is 10.2. The van der Waals surface area contributed by atoms with Crippen molar-refractivity contribution in [3.05, 3.63) is 72.2 Å². The summed E-state index contributed by atoms with van der Waals surface area (Å²) in [7, 11) is 1.77. The van der Waals surface area contributed by atoms with Crippen LogP contribution in [0, 0.1) is 0 Å². The van der Waals surface area contributed by atoms with Crippen LogP contribution >= 0.6 is 0 Å². The zero-order valence-electron chi connectivity index (χ0n) is 16.7. The predicted octanol–water partition coefficient (Wildman–Crippen LogP) is 3.59. The number of carbonyl (C=O) groups excluding carboxylic acids is 1. The van der Waals surface area contributed by atoms with E-state index in [1.807, 2.05) is 41.2 Å². The molecule has 1 saturated heterocycles. The molecule has 150 valence electrons. The van der Waals surface area contributed by atoms with Crippen molar-refractivity contribution in [2.75, 3.05) is 30.4 Å². The van der Waals surface area contributed by atoms with E-state index in [-0.39, 0.29) is 6.03 Å². The maximum atomic E-state index is 12.5. The highest BCUT2D eigenvalue weighted by molar-refractivity contribution is 5.89. The Kier molecular flexibility index (Phi) is 5.74. The molecule has 0 spiro atoms. The van der Waals surface area contributed by atoms with Gasteiger partial charge in [-0.1, -0.05) is 30.3 Å². The molecule has 1 aliphatic heterocycles. The molecule has 2 amide bonds. The van der Waals surface area contributed by atoms with Gasteiger partial charge < -0.3 is 15.1 Å². The van der Waals surface area contributed by atoms with Crippen LogP contribution in [0.25, 0.3) is 0 Å². The summed E-state index contributed by atoms with van der Waals surface area (Å²) in [5.74, 6) is 0.972. The van der Waals surface area contributed by atoms with E-state index in [0.717, 1.165) is 24.5 Å². The molecule has 0 saturated carbocycles. The number of aromatic nitrogens is 3. The second-order valence-electron chi connectivity index (χ2n) is 7.42. The van der Waals surface area contributed by atoms with Gasteiger partial charge in [0.05, 0.1) is 31.2 Å². The zero-order valence-corrected chi connectivity index (χ0v) is 16.7. The fourth-order valence-electron chi connectivity index (χ4n) is 3.50. The second-order valence-corrected chi connectivity index (χ2v) is 7.42. The van der Waals surface area contributed by atoms with Gasteiger partial charge in [-0.2, -0.15) is 5.10 Å². The van der Waals surface area contributed by atoms with E-state index >= 15 is 0 Å². The lowest BCUT2D eigenvalue weighted by molar-refractivity contribution is 0.220. The summed E-state index contributed by atoms with van der Waals surface area (Å²) in [6.45, 7) is 3.31. The Morgan fingerprint density at radius 3 is 2.59 bits per heavy atom. The van der Waals surface area contributed by atoms with E-state index in [4.69, 9.17) is 0 Å². The molecule has 0 radical (unpaired) electrons. The Balaban J connectivity index is 1.30. The van der Waals surface area contributed by atoms with Gasteiger partial charge in [0.15, 0.2) is 0 Å². The molecular weight excluding hydrogens is 364 g/mol. The van der Waals surface area contributed by atoms with Gasteiger partial charge in [-0.25, -0.2) is 9.78 Å². The molecule has 0 aliphatic carbocycles. The molecule has 4 rings (SSSR count). The first-order valence-corrected chi connectivity index (χ1v) is 9.96. The van der Waals surface area contributed by atoms with Gasteiger partial charge in [-0.05, 0) is 30.5 Å². The summed E-state index contributed by atoms with van der Waals surface area (Å²) < 4.78 is 1.89. The molecule has 1 fully saturated rings. The molecule has 0 bridgehead atoms. The van der Waals surface area contributed by atoms with Gasteiger partial charge in [0.2, 0.25) is 0 Å². The molecule has 0 atom stereocenters. The molecule has 7 heteroatoms. The molecule has 1 N–H and O–H groups in total. The topological polar surface area (TPSA) is 66.3 Å². The number of carbonyl (C=O) groups is 1. The summed E-state index contributed by atoms with van der Waals surface area (Å²) in [4.78, 5) is 20.9. The van der Waals surface area contributed by atoms with Crippen molar-refractivity contribution >= 4 is 17.5 Å². The molecule has 0 unspecified atom stereocenters. The van der Waals surface area contributed by atoms with Crippen LogP contribution in [0.15, 0.2) is 61.1 Å². The predicted molar refractivity (Wildman–Crippen MR) is 114 cm³/mol. The monoisotopic (exact) mass is 390 g/mol. The van der Waals surface area contributed by atoms with Crippen molar-refractivity contribution in [1.29, 1.82) is 0 Å². The number of pyridine rings is 1. The van der Waals surface area contributed by atoms with Gasteiger partial charge in [-0.15, -0.1) is 0 Å². The van der Waals surface area contributed by atoms with Crippen molar-refractivity contribution < 1.29 is 4.79 Å². The third kappa shape index (κ3) is 4.93. The molecule has 3 aromatic rings. The Labute approximate surface area is 171 Å². The quantitative estimate of drug-likeness (QED) is 0.699. The normalized spacial score (nSPS) is 13.5. The molecule has 1 aliphatic rings. The van der Waals surface area contributed by atoms with Crippen LogP contribution in [-0.2, 0) is 13.1 Å². The van der Waals surface area contributed by atoms with Crippen molar-refractivity contribution in [3.63, 3.8) is 0 Å². The Morgan fingerprint density at radius 1 is 1.07 bits per heavy atom. The third-order valence-electron chi connectivity index (χ3n) is 5.07. The fraction of sp³-hybridized carbons (Fsp3) is 0.318. The van der Waals surface area contributed by atoms with E-state index < -0.39 is 0 Å². The van der Waals surface area contributed by atoms with Crippen molar-refractivity contribution in [3.8, 4) is 0 Å². The first-order valence-electron chi connectivity index (χ1n) is 9.96. The fourth-order valence-corrected chi connectivity index (χ4v) is 3.50. The maximum Gasteiger partial charge on any atom is 0.321 e. The summed E-state index contributed by atoms with van der Waals surface area (Å²) >= 11 is 0. The van der Waals surface area contributed by atoms with Gasteiger partial charge in [0, 0.05) is 31.9 Å². The van der Waals surface area contributed by atoms with Gasteiger partial charge in [-0.3, -0.25) is 4.68 Å². The number of nitrogens with one attached hydrogen (secondary N) is 1. The largest absolute Gasteiger partial charge is 0.357 e. The standard InChI is InChI=1S/C22H26N6O/c1-26(15-19-13-24-28(17-19)16-18-7-3-2-4-8-18)22(29)25-20-9-10-21(23-14-20)27-11-5-6-12-27/h2-4,7-10,13-14,17H,5-6,11-12,15-16H2,1H3,(H,25,29). The molecule has 7 nitrogen and oxygen atoms in total. The number of benzene rings is 1. The van der Waals surface area contributed by atoms with E-state index in [9.17, 15) is 4.79 Å². The Morgan fingerprint density at radius 2 is 1.86 bits per heavy atom. The highest BCUT2D eigenvalue weighted by Crippen LogP contribution is 2.19. The average Bonchev–Trinajstić information content (AvgIpc) is 3.42. The molecule has 29 heavy (non-hydrogen) atoms. The second kappa shape index (κ2) is 8.77. The van der Waals surface area contributed by atoms with Crippen molar-refractivity contribution in [1.82, 2.24) is 19.7 Å². The maximum absolute atomic E-state index is 12.5. The number of rotatable bonds is 6. The Hall–Kier alpha value is -3.35. The number of amides is 2. The lowest BCUT2D eigenvalue weighted by Crippen LogP contribution is -2.30. The van der Waals surface area contributed by atoms with Crippen LogP contribution in [0.3, 0.4) is 0 Å². The minimum absolute atomic E-state index is 0.170. The molecule has 2 aromatic heterocycles. The minimum atomic E-state index is -0.170. The van der Waals surface area contributed by atoms with E-state index in [1.165, 1.54) is 18.4 Å². The molecular formula is C22H26N6O. The smallest absolute Gasteiger partial charge is 0.321 e. The number of urea groups is 1. The number of hydrogen-bond acceptors (Lipinski definition) is 4. The first-order chi connectivity index (χ1) is 14.2. The SMILES string of the molecule is CN(Cc1cnn(Cc2ccccc2)c1)C(=O)Nc1ccc(N2CCCC2)nc1. The van der Waals surface area contributed by atoms with Crippen LogP contribution in [0.4, 0.5) is 16.3 Å². The minimum Gasteiger partial charge on any atom is -0.357 e. The van der Waals surface area contributed by atoms with Gasteiger partial charge in [0.25, 0.3) is 0 Å². The van der Waals surface area contributed by atoms with Gasteiger partial charge in [0.1, 0.15) is 5.82 Å². The van der Waals surface area contributed by atoms with Crippen molar-refractivity contribution in [2.45, 2.75) is 25.9 Å². The first kappa shape index (κ1) is 19.0. The van der Waals surface area contributed by atoms with Gasteiger partial charge >= 0.3 is 6.03 Å². The Bertz CT molecular complexity index is 931. The van der Waals surface area contributed by atoms with E-state index in [1.54, 1.807) is 24.3 Å². The highest BCUT2D eigenvalue weighted by Gasteiger charge is 2.14. The molecule has 3 heterocycles. The number of nitrogens with zero attached hydrogens (tertiary/aromatic N) is 5. The number of hydrogen-bond donors (Lipinski definition) is 1. The van der Waals surface area contributed by atoms with Crippen LogP contribution in [-0.4, -0.2) is 45.8 Å². The lowest BCUT2D eigenvalue weighted by Gasteiger charge is -2.18. The third-order valence-corrected chi connectivity index (χ3v) is 5.07. The number of anilines is 2. The molecule has 1 aromatic carbocycles. The summed E-state index contributed by atoms with van der Waals surface area (Å²) in [6.07, 6.45) is 7.93. The van der Waals surface area contributed by atoms with E-state index in [2.05, 4.69) is 32.4 Å². The highest BCUT2D eigenvalue weighted by atomic mass is 16.2. The van der Waals surface area contributed by atoms with Crippen LogP contribution in [0.5, 0.6) is 0 Å². The van der Waals surface area contributed by atoms with Crippen LogP contribution in [0.1, 0.15) is 24.0 Å². The van der Waals surface area contributed by atoms with E-state index in [0.29, 0.717) is 18.8 Å². The van der Waals surface area contributed by atoms with Crippen LogP contribution in [0.2, 0.25) is 0 Å². The summed E-state index contributed by atoms with van der Waals surface area (Å²) in [6, 6.07) is 13.9. The average molecular weight is 390 g/mol. The van der Waals surface area contributed by atoms with Crippen LogP contribution < -0.4 is 10.2 Å². The summed E-state index contributed by atoms with van der Waals surface area (Å²) in [5.41, 5.74) is 2.88.